The van der Waals surface area contributed by atoms with Gasteiger partial charge in [0.25, 0.3) is 0 Å². The molecule has 0 atom stereocenters. The minimum atomic E-state index is 0.0543. The van der Waals surface area contributed by atoms with Crippen LogP contribution in [0.15, 0.2) is 12.2 Å². The molecule has 0 unspecified atom stereocenters. The zero-order valence-electron chi connectivity index (χ0n) is 7.80. The van der Waals surface area contributed by atoms with E-state index in [4.69, 9.17) is 0 Å². The van der Waals surface area contributed by atoms with E-state index in [9.17, 15) is 9.59 Å². The van der Waals surface area contributed by atoms with Crippen LogP contribution >= 0.6 is 0 Å². The Labute approximate surface area is 73.7 Å². The molecule has 68 valence electrons. The van der Waals surface area contributed by atoms with E-state index in [1.54, 1.807) is 6.08 Å². The van der Waals surface area contributed by atoms with Crippen LogP contribution in [0.2, 0.25) is 0 Å². The van der Waals surface area contributed by atoms with Crippen LogP contribution in [0.25, 0.3) is 0 Å². The van der Waals surface area contributed by atoms with Gasteiger partial charge in [0.15, 0.2) is 5.78 Å². The van der Waals surface area contributed by atoms with Gasteiger partial charge < -0.3 is 4.79 Å². The number of hydrogen-bond acceptors (Lipinski definition) is 2. The molecule has 0 spiro atoms. The van der Waals surface area contributed by atoms with Crippen molar-refractivity contribution in [2.45, 2.75) is 39.5 Å². The molecule has 0 aliphatic rings. The molecule has 0 aliphatic heterocycles. The number of unbranched alkanes of at least 4 members (excludes halogenated alkanes) is 1. The first-order chi connectivity index (χ1) is 5.66. The van der Waals surface area contributed by atoms with Crippen LogP contribution in [0.5, 0.6) is 0 Å². The normalized spacial score (nSPS) is 10.5. The Morgan fingerprint density at radius 1 is 1.25 bits per heavy atom. The smallest absolute Gasteiger partial charge is 0.155 e. The zero-order chi connectivity index (χ0) is 9.40. The Balaban J connectivity index is 3.52. The van der Waals surface area contributed by atoms with Crippen LogP contribution in [0.1, 0.15) is 39.5 Å². The predicted octanol–water partition coefficient (Wildman–Crippen LogP) is 2.28. The van der Waals surface area contributed by atoms with E-state index in [1.807, 2.05) is 6.08 Å². The highest BCUT2D eigenvalue weighted by atomic mass is 16.1. The number of carbonyl (C=O) groups is 2. The van der Waals surface area contributed by atoms with Crippen molar-refractivity contribution in [1.82, 2.24) is 0 Å². The maximum absolute atomic E-state index is 11.0. The molecule has 0 saturated carbocycles. The zero-order valence-corrected chi connectivity index (χ0v) is 7.80. The van der Waals surface area contributed by atoms with Crippen molar-refractivity contribution in [3.63, 3.8) is 0 Å². The lowest BCUT2D eigenvalue weighted by molar-refractivity contribution is -0.120. The summed E-state index contributed by atoms with van der Waals surface area (Å²) in [6.07, 6.45) is 6.15. The molecular formula is C10H16O2. The number of hydrogen-bond donors (Lipinski definition) is 0. The van der Waals surface area contributed by atoms with Crippen LogP contribution in [-0.2, 0) is 9.59 Å². The summed E-state index contributed by atoms with van der Waals surface area (Å²) >= 11 is 0. The molecule has 0 saturated heterocycles. The quantitative estimate of drug-likeness (QED) is 0.570. The van der Waals surface area contributed by atoms with Gasteiger partial charge in [-0.15, -0.1) is 0 Å². The summed E-state index contributed by atoms with van der Waals surface area (Å²) in [6.45, 7) is 3.56. The van der Waals surface area contributed by atoms with E-state index < -0.39 is 0 Å². The topological polar surface area (TPSA) is 34.1 Å². The number of carbonyl (C=O) groups excluding carboxylic acids is 2. The molecule has 0 N–H and O–H groups in total. The van der Waals surface area contributed by atoms with Gasteiger partial charge in [-0.25, -0.2) is 0 Å². The second-order valence-corrected chi connectivity index (χ2v) is 2.86. The average molecular weight is 168 g/mol. The number of allylic oxidation sites excluding steroid dienone is 2. The maximum Gasteiger partial charge on any atom is 0.155 e. The molecule has 0 aliphatic carbocycles. The molecule has 0 bridgehead atoms. The molecule has 0 rings (SSSR count). The summed E-state index contributed by atoms with van der Waals surface area (Å²) in [5, 5.41) is 0. The van der Waals surface area contributed by atoms with Crippen molar-refractivity contribution in [1.29, 1.82) is 0 Å². The van der Waals surface area contributed by atoms with Gasteiger partial charge in [0, 0.05) is 12.8 Å². The largest absolute Gasteiger partial charge is 0.300 e. The van der Waals surface area contributed by atoms with Gasteiger partial charge >= 0.3 is 0 Å². The van der Waals surface area contributed by atoms with E-state index in [0.717, 1.165) is 12.8 Å². The van der Waals surface area contributed by atoms with E-state index in [-0.39, 0.29) is 11.6 Å². The van der Waals surface area contributed by atoms with Crippen molar-refractivity contribution in [3.05, 3.63) is 12.2 Å². The first-order valence-electron chi connectivity index (χ1n) is 4.35. The third-order valence-electron chi connectivity index (χ3n) is 1.48. The summed E-state index contributed by atoms with van der Waals surface area (Å²) in [5.41, 5.74) is 0. The molecule has 0 amide bonds. The highest BCUT2D eigenvalue weighted by molar-refractivity contribution is 5.92. The van der Waals surface area contributed by atoms with Crippen molar-refractivity contribution in [3.8, 4) is 0 Å². The molecule has 2 nitrogen and oxygen atoms in total. The molecule has 2 heteroatoms. The summed E-state index contributed by atoms with van der Waals surface area (Å²) < 4.78 is 0. The van der Waals surface area contributed by atoms with Crippen molar-refractivity contribution in [2.75, 3.05) is 0 Å². The van der Waals surface area contributed by atoms with E-state index in [2.05, 4.69) is 6.92 Å². The van der Waals surface area contributed by atoms with Gasteiger partial charge in [0.1, 0.15) is 5.78 Å². The Morgan fingerprint density at radius 2 is 1.92 bits per heavy atom. The maximum atomic E-state index is 11.0. The van der Waals surface area contributed by atoms with Gasteiger partial charge in [-0.2, -0.15) is 0 Å². The number of ketones is 2. The number of rotatable bonds is 6. The fraction of sp³-hybridized carbons (Fsp3) is 0.600. The van der Waals surface area contributed by atoms with Gasteiger partial charge in [0.2, 0.25) is 0 Å². The lowest BCUT2D eigenvalue weighted by Gasteiger charge is -1.90. The second-order valence-electron chi connectivity index (χ2n) is 2.86. The molecule has 0 aromatic rings. The molecule has 12 heavy (non-hydrogen) atoms. The highest BCUT2D eigenvalue weighted by Crippen LogP contribution is 1.95. The van der Waals surface area contributed by atoms with Gasteiger partial charge in [-0.3, -0.25) is 4.79 Å². The summed E-state index contributed by atoms with van der Waals surface area (Å²) in [7, 11) is 0. The molecule has 0 aromatic carbocycles. The third-order valence-corrected chi connectivity index (χ3v) is 1.48. The SMILES string of the molecule is CCC/C=C/C(=O)CCC(C)=O. The number of Topliss-reactive ketones (excluding diaryl/α,β-unsaturated/α-hetero) is 1. The van der Waals surface area contributed by atoms with Crippen LogP contribution in [0.4, 0.5) is 0 Å². The van der Waals surface area contributed by atoms with Crippen LogP contribution in [-0.4, -0.2) is 11.6 Å². The first kappa shape index (κ1) is 11.1. The molecule has 0 fully saturated rings. The van der Waals surface area contributed by atoms with Crippen LogP contribution < -0.4 is 0 Å². The minimum Gasteiger partial charge on any atom is -0.300 e. The van der Waals surface area contributed by atoms with E-state index >= 15 is 0 Å². The van der Waals surface area contributed by atoms with Crippen LogP contribution in [0, 0.1) is 0 Å². The summed E-state index contributed by atoms with van der Waals surface area (Å²) in [4.78, 5) is 21.5. The van der Waals surface area contributed by atoms with Crippen LogP contribution in [0.3, 0.4) is 0 Å². The second kappa shape index (κ2) is 6.77. The Kier molecular flexibility index (Phi) is 6.25. The molecular weight excluding hydrogens is 152 g/mol. The fourth-order valence-electron chi connectivity index (χ4n) is 0.764. The van der Waals surface area contributed by atoms with Crippen molar-refractivity contribution >= 4 is 11.6 Å². The minimum absolute atomic E-state index is 0.0543. The van der Waals surface area contributed by atoms with Gasteiger partial charge in [-0.05, 0) is 19.4 Å². The Morgan fingerprint density at radius 3 is 2.42 bits per heavy atom. The van der Waals surface area contributed by atoms with E-state index in [1.165, 1.54) is 6.92 Å². The highest BCUT2D eigenvalue weighted by Gasteiger charge is 1.98. The van der Waals surface area contributed by atoms with E-state index in [0.29, 0.717) is 12.8 Å². The Hall–Kier alpha value is -0.920. The van der Waals surface area contributed by atoms with Gasteiger partial charge in [0.05, 0.1) is 0 Å². The molecule has 0 radical (unpaired) electrons. The first-order valence-corrected chi connectivity index (χ1v) is 4.35. The fourth-order valence-corrected chi connectivity index (χ4v) is 0.764. The average Bonchev–Trinajstić information content (AvgIpc) is 2.01. The van der Waals surface area contributed by atoms with Crippen molar-refractivity contribution in [2.24, 2.45) is 0 Å². The summed E-state index contributed by atoms with van der Waals surface area (Å²) in [6, 6.07) is 0. The standard InChI is InChI=1S/C10H16O2/c1-3-4-5-6-10(12)8-7-9(2)11/h5-6H,3-4,7-8H2,1-2H3/b6-5+. The van der Waals surface area contributed by atoms with Crippen molar-refractivity contribution < 1.29 is 9.59 Å². The van der Waals surface area contributed by atoms with Gasteiger partial charge in [-0.1, -0.05) is 19.4 Å². The Bertz CT molecular complexity index is 180. The molecule has 0 heterocycles. The summed E-state index contributed by atoms with van der Waals surface area (Å²) in [5.74, 6) is 0.130. The lowest BCUT2D eigenvalue weighted by atomic mass is 10.1. The lowest BCUT2D eigenvalue weighted by Crippen LogP contribution is -1.97. The predicted molar refractivity (Wildman–Crippen MR) is 49.0 cm³/mol. The monoisotopic (exact) mass is 168 g/mol. The third kappa shape index (κ3) is 7.19. The molecule has 0 aromatic heterocycles.